The number of benzene rings is 2. The molecule has 0 atom stereocenters. The molecule has 0 spiro atoms. The van der Waals surface area contributed by atoms with Gasteiger partial charge in [-0.25, -0.2) is 4.98 Å². The van der Waals surface area contributed by atoms with E-state index in [1.807, 2.05) is 42.5 Å². The number of aldehydes is 1. The summed E-state index contributed by atoms with van der Waals surface area (Å²) in [5.74, 6) is 1.83. The van der Waals surface area contributed by atoms with Crippen molar-refractivity contribution < 1.29 is 13.9 Å². The first-order valence-electron chi connectivity index (χ1n) is 8.84. The number of nitrogens with zero attached hydrogens (tertiary/aromatic N) is 1. The molecule has 0 aliphatic heterocycles. The normalized spacial score (nSPS) is 10.9. The summed E-state index contributed by atoms with van der Waals surface area (Å²) in [4.78, 5) is 15.7. The Hall–Kier alpha value is -3.40. The monoisotopic (exact) mass is 357 g/mol. The Morgan fingerprint density at radius 1 is 0.963 bits per heavy atom. The Bertz CT molecular complexity index is 1100. The maximum absolute atomic E-state index is 10.9. The predicted molar refractivity (Wildman–Crippen MR) is 105 cm³/mol. The van der Waals surface area contributed by atoms with E-state index in [1.54, 1.807) is 13.2 Å². The van der Waals surface area contributed by atoms with Crippen LogP contribution in [0.25, 0.3) is 22.2 Å². The number of hydrogen-bond donors (Lipinski definition) is 0. The van der Waals surface area contributed by atoms with Crippen molar-refractivity contribution in [1.82, 2.24) is 4.98 Å². The van der Waals surface area contributed by atoms with Crippen LogP contribution < -0.4 is 4.74 Å². The van der Waals surface area contributed by atoms with Crippen LogP contribution in [0.2, 0.25) is 0 Å². The Labute approximate surface area is 157 Å². The van der Waals surface area contributed by atoms with E-state index in [0.29, 0.717) is 11.5 Å². The van der Waals surface area contributed by atoms with Gasteiger partial charge in [0.05, 0.1) is 7.11 Å². The zero-order valence-electron chi connectivity index (χ0n) is 15.0. The van der Waals surface area contributed by atoms with Gasteiger partial charge >= 0.3 is 0 Å². The average Bonchev–Trinajstić information content (AvgIpc) is 3.21. The van der Waals surface area contributed by atoms with E-state index in [2.05, 4.69) is 18.2 Å². The number of methoxy groups -OCH3 is 1. The van der Waals surface area contributed by atoms with Gasteiger partial charge in [0, 0.05) is 16.6 Å². The molecule has 0 bridgehead atoms. The first-order valence-corrected chi connectivity index (χ1v) is 8.84. The molecule has 0 amide bonds. The molecule has 0 aliphatic carbocycles. The standard InChI is InChI=1S/C23H19NO3/c1-26-22-8-4-6-17-10-12-18(24-23(17)22)11-9-16-5-2-3-7-20(16)21-14-13-19(15-25)27-21/h2-8,10,12-15H,9,11H2,1H3. The highest BCUT2D eigenvalue weighted by Gasteiger charge is 2.10. The molecule has 4 nitrogen and oxygen atoms in total. The van der Waals surface area contributed by atoms with Gasteiger partial charge in [-0.1, -0.05) is 42.5 Å². The van der Waals surface area contributed by atoms with Gasteiger partial charge in [-0.2, -0.15) is 0 Å². The summed E-state index contributed by atoms with van der Waals surface area (Å²) in [7, 11) is 1.66. The number of carbonyl (C=O) groups is 1. The molecule has 2 heterocycles. The third-order valence-electron chi connectivity index (χ3n) is 4.64. The van der Waals surface area contributed by atoms with Gasteiger partial charge in [0.15, 0.2) is 12.0 Å². The molecule has 2 aromatic carbocycles. The fourth-order valence-corrected chi connectivity index (χ4v) is 3.27. The number of aryl methyl sites for hydroxylation is 2. The minimum absolute atomic E-state index is 0.336. The van der Waals surface area contributed by atoms with Crippen LogP contribution >= 0.6 is 0 Å². The molecule has 4 aromatic rings. The molecule has 0 fully saturated rings. The summed E-state index contributed by atoms with van der Waals surface area (Å²) >= 11 is 0. The van der Waals surface area contributed by atoms with E-state index in [9.17, 15) is 4.79 Å². The fourth-order valence-electron chi connectivity index (χ4n) is 3.27. The molecule has 4 rings (SSSR count). The highest BCUT2D eigenvalue weighted by molar-refractivity contribution is 5.84. The van der Waals surface area contributed by atoms with Crippen LogP contribution in [0.5, 0.6) is 5.75 Å². The zero-order chi connectivity index (χ0) is 18.6. The van der Waals surface area contributed by atoms with Gasteiger partial charge in [0.2, 0.25) is 0 Å². The minimum Gasteiger partial charge on any atom is -0.494 e. The Morgan fingerprint density at radius 2 is 1.85 bits per heavy atom. The van der Waals surface area contributed by atoms with Gasteiger partial charge in [0.25, 0.3) is 0 Å². The predicted octanol–water partition coefficient (Wildman–Crippen LogP) is 5.10. The molecule has 0 saturated carbocycles. The number of aromatic nitrogens is 1. The lowest BCUT2D eigenvalue weighted by molar-refractivity contribution is 0.110. The number of rotatable bonds is 6. The second-order valence-corrected chi connectivity index (χ2v) is 6.31. The Balaban J connectivity index is 1.61. The Morgan fingerprint density at radius 3 is 2.67 bits per heavy atom. The van der Waals surface area contributed by atoms with Gasteiger partial charge in [-0.3, -0.25) is 4.79 Å². The lowest BCUT2D eigenvalue weighted by Gasteiger charge is -2.09. The molecule has 0 unspecified atom stereocenters. The third kappa shape index (κ3) is 3.47. The fraction of sp³-hybridized carbons (Fsp3) is 0.130. The summed E-state index contributed by atoms with van der Waals surface area (Å²) in [5.41, 5.74) is 4.05. The number of carbonyl (C=O) groups excluding carboxylic acids is 1. The van der Waals surface area contributed by atoms with Crippen molar-refractivity contribution in [2.75, 3.05) is 7.11 Å². The highest BCUT2D eigenvalue weighted by atomic mass is 16.5. The number of pyridine rings is 1. The SMILES string of the molecule is COc1cccc2ccc(CCc3ccccc3-c3ccc(C=O)o3)nc12. The first kappa shape index (κ1) is 17.0. The lowest BCUT2D eigenvalue weighted by atomic mass is 10.00. The van der Waals surface area contributed by atoms with Crippen molar-refractivity contribution in [2.45, 2.75) is 12.8 Å². The second-order valence-electron chi connectivity index (χ2n) is 6.31. The van der Waals surface area contributed by atoms with Gasteiger partial charge in [-0.15, -0.1) is 0 Å². The summed E-state index contributed by atoms with van der Waals surface area (Å²) in [6.45, 7) is 0. The van der Waals surface area contributed by atoms with Crippen molar-refractivity contribution in [3.8, 4) is 17.1 Å². The van der Waals surface area contributed by atoms with Crippen molar-refractivity contribution >= 4 is 17.2 Å². The molecule has 0 saturated heterocycles. The number of ether oxygens (including phenoxy) is 1. The molecule has 2 aromatic heterocycles. The van der Waals surface area contributed by atoms with Crippen molar-refractivity contribution in [3.63, 3.8) is 0 Å². The van der Waals surface area contributed by atoms with E-state index in [-0.39, 0.29) is 0 Å². The van der Waals surface area contributed by atoms with Crippen LogP contribution in [-0.2, 0) is 12.8 Å². The van der Waals surface area contributed by atoms with Crippen LogP contribution in [0.1, 0.15) is 21.8 Å². The quantitative estimate of drug-likeness (QED) is 0.451. The molecular formula is C23H19NO3. The molecule has 4 heteroatoms. The largest absolute Gasteiger partial charge is 0.494 e. The Kier molecular flexibility index (Phi) is 4.71. The molecular weight excluding hydrogens is 338 g/mol. The minimum atomic E-state index is 0.336. The van der Waals surface area contributed by atoms with E-state index >= 15 is 0 Å². The summed E-state index contributed by atoms with van der Waals surface area (Å²) in [6.07, 6.45) is 2.34. The maximum atomic E-state index is 10.9. The molecule has 0 aliphatic rings. The summed E-state index contributed by atoms with van der Waals surface area (Å²) in [6, 6.07) is 21.7. The van der Waals surface area contributed by atoms with Gasteiger partial charge < -0.3 is 9.15 Å². The van der Waals surface area contributed by atoms with Crippen molar-refractivity contribution in [3.05, 3.63) is 83.7 Å². The van der Waals surface area contributed by atoms with Crippen LogP contribution in [0, 0.1) is 0 Å². The second kappa shape index (κ2) is 7.46. The zero-order valence-corrected chi connectivity index (χ0v) is 15.0. The van der Waals surface area contributed by atoms with E-state index in [0.717, 1.165) is 52.6 Å². The summed E-state index contributed by atoms with van der Waals surface area (Å²) in [5, 5.41) is 1.07. The molecule has 27 heavy (non-hydrogen) atoms. The van der Waals surface area contributed by atoms with Crippen molar-refractivity contribution in [1.29, 1.82) is 0 Å². The summed E-state index contributed by atoms with van der Waals surface area (Å²) < 4.78 is 11.0. The maximum Gasteiger partial charge on any atom is 0.185 e. The van der Waals surface area contributed by atoms with E-state index in [4.69, 9.17) is 14.1 Å². The molecule has 134 valence electrons. The van der Waals surface area contributed by atoms with E-state index < -0.39 is 0 Å². The van der Waals surface area contributed by atoms with Crippen LogP contribution in [0.3, 0.4) is 0 Å². The van der Waals surface area contributed by atoms with Crippen LogP contribution in [0.4, 0.5) is 0 Å². The lowest BCUT2D eigenvalue weighted by Crippen LogP contribution is -1.97. The topological polar surface area (TPSA) is 52.3 Å². The highest BCUT2D eigenvalue weighted by Crippen LogP contribution is 2.27. The van der Waals surface area contributed by atoms with Crippen LogP contribution in [0.15, 0.2) is 71.1 Å². The average molecular weight is 357 g/mol. The number of hydrogen-bond acceptors (Lipinski definition) is 4. The number of para-hydroxylation sites is 1. The van der Waals surface area contributed by atoms with Gasteiger partial charge in [0.1, 0.15) is 17.0 Å². The number of fused-ring (bicyclic) bond motifs is 1. The first-order chi connectivity index (χ1) is 13.3. The third-order valence-corrected chi connectivity index (χ3v) is 4.64. The number of furan rings is 1. The van der Waals surface area contributed by atoms with E-state index in [1.165, 1.54) is 0 Å². The van der Waals surface area contributed by atoms with Crippen LogP contribution in [-0.4, -0.2) is 18.4 Å². The van der Waals surface area contributed by atoms with Crippen molar-refractivity contribution in [2.24, 2.45) is 0 Å². The smallest absolute Gasteiger partial charge is 0.185 e. The molecule has 0 radical (unpaired) electrons. The molecule has 0 N–H and O–H groups in total. The van der Waals surface area contributed by atoms with Gasteiger partial charge in [-0.05, 0) is 42.7 Å².